The van der Waals surface area contributed by atoms with Crippen LogP contribution in [0, 0.1) is 0 Å². The van der Waals surface area contributed by atoms with E-state index in [9.17, 15) is 9.59 Å². The number of urea groups is 1. The van der Waals surface area contributed by atoms with Crippen LogP contribution < -0.4 is 10.6 Å². The largest absolute Gasteiger partial charge is 0.481 e. The fourth-order valence-corrected chi connectivity index (χ4v) is 1.10. The third-order valence-corrected chi connectivity index (χ3v) is 1.86. The number of furan rings is 1. The third kappa shape index (κ3) is 5.04. The van der Waals surface area contributed by atoms with Crippen LogP contribution in [0.25, 0.3) is 0 Å². The number of hydrogen-bond acceptors (Lipinski definition) is 3. The molecule has 1 aromatic rings. The standard InChI is InChI=1S/C10H14N2O4/c13-9(14)4-6-12-10(15)11-5-3-8-2-1-7-16-8/h1-2,7H,3-6H2,(H,13,14)(H2,11,12,15). The highest BCUT2D eigenvalue weighted by atomic mass is 16.4. The van der Waals surface area contributed by atoms with E-state index in [1.54, 1.807) is 12.3 Å². The summed E-state index contributed by atoms with van der Waals surface area (Å²) in [6, 6.07) is 3.24. The first-order valence-corrected chi connectivity index (χ1v) is 4.94. The Balaban J connectivity index is 2.04. The number of carboxylic acid groups (broad SMARTS) is 1. The zero-order chi connectivity index (χ0) is 11.8. The first-order valence-electron chi connectivity index (χ1n) is 4.94. The van der Waals surface area contributed by atoms with Crippen molar-refractivity contribution in [1.29, 1.82) is 0 Å². The molecule has 0 aromatic carbocycles. The molecule has 0 atom stereocenters. The van der Waals surface area contributed by atoms with Crippen molar-refractivity contribution >= 4 is 12.0 Å². The van der Waals surface area contributed by atoms with Crippen LogP contribution in [-0.2, 0) is 11.2 Å². The molecule has 88 valence electrons. The molecule has 0 unspecified atom stereocenters. The van der Waals surface area contributed by atoms with Gasteiger partial charge < -0.3 is 20.2 Å². The third-order valence-electron chi connectivity index (χ3n) is 1.86. The number of carbonyl (C=O) groups is 2. The van der Waals surface area contributed by atoms with Crippen molar-refractivity contribution < 1.29 is 19.1 Å². The van der Waals surface area contributed by atoms with E-state index in [1.807, 2.05) is 6.07 Å². The topological polar surface area (TPSA) is 91.6 Å². The van der Waals surface area contributed by atoms with Crippen LogP contribution in [0.15, 0.2) is 22.8 Å². The fourth-order valence-electron chi connectivity index (χ4n) is 1.10. The zero-order valence-corrected chi connectivity index (χ0v) is 8.73. The Labute approximate surface area is 92.6 Å². The number of rotatable bonds is 6. The van der Waals surface area contributed by atoms with Crippen molar-refractivity contribution in [2.75, 3.05) is 13.1 Å². The van der Waals surface area contributed by atoms with Crippen LogP contribution in [0.5, 0.6) is 0 Å². The van der Waals surface area contributed by atoms with E-state index in [0.717, 1.165) is 5.76 Å². The van der Waals surface area contributed by atoms with Crippen molar-refractivity contribution in [2.45, 2.75) is 12.8 Å². The summed E-state index contributed by atoms with van der Waals surface area (Å²) < 4.78 is 5.08. The second-order valence-electron chi connectivity index (χ2n) is 3.16. The Kier molecular flexibility index (Phi) is 4.91. The van der Waals surface area contributed by atoms with Gasteiger partial charge in [0.1, 0.15) is 5.76 Å². The van der Waals surface area contributed by atoms with Crippen LogP contribution in [0.3, 0.4) is 0 Å². The molecule has 0 aliphatic heterocycles. The summed E-state index contributed by atoms with van der Waals surface area (Å²) in [5.41, 5.74) is 0. The quantitative estimate of drug-likeness (QED) is 0.662. The van der Waals surface area contributed by atoms with Gasteiger partial charge in [-0.05, 0) is 12.1 Å². The predicted octanol–water partition coefficient (Wildman–Crippen LogP) is 0.596. The summed E-state index contributed by atoms with van der Waals surface area (Å²) >= 11 is 0. The maximum absolute atomic E-state index is 11.1. The second-order valence-corrected chi connectivity index (χ2v) is 3.16. The highest BCUT2D eigenvalue weighted by Gasteiger charge is 2.02. The van der Waals surface area contributed by atoms with Gasteiger partial charge >= 0.3 is 12.0 Å². The average Bonchev–Trinajstić information content (AvgIpc) is 2.70. The van der Waals surface area contributed by atoms with Crippen LogP contribution in [0.4, 0.5) is 4.79 Å². The minimum Gasteiger partial charge on any atom is -0.481 e. The molecule has 0 aliphatic rings. The fraction of sp³-hybridized carbons (Fsp3) is 0.400. The molecule has 1 rings (SSSR count). The minimum absolute atomic E-state index is 0.0778. The lowest BCUT2D eigenvalue weighted by atomic mass is 10.3. The lowest BCUT2D eigenvalue weighted by Crippen LogP contribution is -2.37. The number of carboxylic acids is 1. The Morgan fingerprint density at radius 1 is 1.31 bits per heavy atom. The molecule has 2 amide bonds. The molecular formula is C10H14N2O4. The molecule has 0 aliphatic carbocycles. The van der Waals surface area contributed by atoms with Gasteiger partial charge in [0.2, 0.25) is 0 Å². The Morgan fingerprint density at radius 3 is 2.69 bits per heavy atom. The number of carbonyl (C=O) groups excluding carboxylic acids is 1. The van der Waals surface area contributed by atoms with E-state index in [1.165, 1.54) is 0 Å². The van der Waals surface area contributed by atoms with Gasteiger partial charge in [-0.25, -0.2) is 4.79 Å². The maximum Gasteiger partial charge on any atom is 0.314 e. The minimum atomic E-state index is -0.934. The summed E-state index contributed by atoms with van der Waals surface area (Å²) in [5, 5.41) is 13.4. The molecule has 0 fully saturated rings. The van der Waals surface area contributed by atoms with Crippen molar-refractivity contribution in [3.63, 3.8) is 0 Å². The lowest BCUT2D eigenvalue weighted by molar-refractivity contribution is -0.136. The van der Waals surface area contributed by atoms with E-state index >= 15 is 0 Å². The summed E-state index contributed by atoms with van der Waals surface area (Å²) in [6.07, 6.45) is 2.10. The van der Waals surface area contributed by atoms with E-state index in [0.29, 0.717) is 13.0 Å². The van der Waals surface area contributed by atoms with Gasteiger partial charge in [-0.2, -0.15) is 0 Å². The molecule has 3 N–H and O–H groups in total. The number of aliphatic carboxylic acids is 1. The summed E-state index contributed by atoms with van der Waals surface area (Å²) in [5.74, 6) is -0.137. The smallest absolute Gasteiger partial charge is 0.314 e. The van der Waals surface area contributed by atoms with Gasteiger partial charge in [0, 0.05) is 19.5 Å². The van der Waals surface area contributed by atoms with Gasteiger partial charge in [0.05, 0.1) is 12.7 Å². The number of hydrogen-bond donors (Lipinski definition) is 3. The Hall–Kier alpha value is -1.98. The SMILES string of the molecule is O=C(O)CCNC(=O)NCCc1ccco1. The van der Waals surface area contributed by atoms with Crippen LogP contribution >= 0.6 is 0 Å². The molecule has 0 saturated carbocycles. The molecule has 0 saturated heterocycles. The van der Waals surface area contributed by atoms with Gasteiger partial charge in [-0.1, -0.05) is 0 Å². The predicted molar refractivity (Wildman–Crippen MR) is 56.1 cm³/mol. The second kappa shape index (κ2) is 6.49. The molecule has 0 radical (unpaired) electrons. The van der Waals surface area contributed by atoms with E-state index < -0.39 is 5.97 Å². The molecule has 1 aromatic heterocycles. The summed E-state index contributed by atoms with van der Waals surface area (Å²) in [6.45, 7) is 0.578. The summed E-state index contributed by atoms with van der Waals surface area (Å²) in [4.78, 5) is 21.3. The van der Waals surface area contributed by atoms with Crippen LogP contribution in [-0.4, -0.2) is 30.2 Å². The first-order chi connectivity index (χ1) is 7.68. The highest BCUT2D eigenvalue weighted by molar-refractivity contribution is 5.74. The van der Waals surface area contributed by atoms with Crippen molar-refractivity contribution in [3.8, 4) is 0 Å². The Morgan fingerprint density at radius 2 is 2.06 bits per heavy atom. The first kappa shape index (κ1) is 12.1. The van der Waals surface area contributed by atoms with Crippen LogP contribution in [0.2, 0.25) is 0 Å². The van der Waals surface area contributed by atoms with Crippen LogP contribution in [0.1, 0.15) is 12.2 Å². The Bertz CT molecular complexity index is 335. The van der Waals surface area contributed by atoms with Gasteiger partial charge in [-0.3, -0.25) is 4.79 Å². The molecule has 1 heterocycles. The molecule has 16 heavy (non-hydrogen) atoms. The maximum atomic E-state index is 11.1. The van der Waals surface area contributed by atoms with E-state index in [4.69, 9.17) is 9.52 Å². The monoisotopic (exact) mass is 226 g/mol. The normalized spacial score (nSPS) is 9.75. The number of nitrogens with one attached hydrogen (secondary N) is 2. The van der Waals surface area contributed by atoms with Crippen molar-refractivity contribution in [3.05, 3.63) is 24.2 Å². The molecule has 0 bridgehead atoms. The highest BCUT2D eigenvalue weighted by Crippen LogP contribution is 1.99. The van der Waals surface area contributed by atoms with Gasteiger partial charge in [0.15, 0.2) is 0 Å². The lowest BCUT2D eigenvalue weighted by Gasteiger charge is -2.05. The molecule has 6 nitrogen and oxygen atoms in total. The summed E-state index contributed by atoms with van der Waals surface area (Å²) in [7, 11) is 0. The average molecular weight is 226 g/mol. The number of amides is 2. The van der Waals surface area contributed by atoms with E-state index in [-0.39, 0.29) is 19.0 Å². The van der Waals surface area contributed by atoms with Crippen molar-refractivity contribution in [2.24, 2.45) is 0 Å². The molecule has 0 spiro atoms. The molecular weight excluding hydrogens is 212 g/mol. The molecule has 6 heteroatoms. The zero-order valence-electron chi connectivity index (χ0n) is 8.73. The van der Waals surface area contributed by atoms with Gasteiger partial charge in [-0.15, -0.1) is 0 Å². The van der Waals surface area contributed by atoms with Crippen molar-refractivity contribution in [1.82, 2.24) is 10.6 Å². The van der Waals surface area contributed by atoms with E-state index in [2.05, 4.69) is 10.6 Å². The van der Waals surface area contributed by atoms with Gasteiger partial charge in [0.25, 0.3) is 0 Å².